The molecule has 0 fully saturated rings. The van der Waals surface area contributed by atoms with Gasteiger partial charge in [0.25, 0.3) is 0 Å². The molecule has 0 unspecified atom stereocenters. The van der Waals surface area contributed by atoms with Crippen LogP contribution in [-0.2, 0) is 11.3 Å². The van der Waals surface area contributed by atoms with Crippen molar-refractivity contribution in [3.8, 4) is 0 Å². The van der Waals surface area contributed by atoms with E-state index in [-0.39, 0.29) is 6.42 Å². The van der Waals surface area contributed by atoms with Crippen LogP contribution in [-0.4, -0.2) is 26.1 Å². The molecule has 1 N–H and O–H groups in total. The molecule has 0 radical (unpaired) electrons. The van der Waals surface area contributed by atoms with E-state index in [9.17, 15) is 4.79 Å². The van der Waals surface area contributed by atoms with Crippen molar-refractivity contribution in [3.05, 3.63) is 11.9 Å². The Kier molecular flexibility index (Phi) is 2.20. The van der Waals surface area contributed by atoms with Gasteiger partial charge in [0.05, 0.1) is 18.7 Å². The average molecular weight is 155 g/mol. The molecule has 0 spiro atoms. The Bertz CT molecular complexity index is 256. The lowest BCUT2D eigenvalue weighted by atomic mass is 10.4. The van der Waals surface area contributed by atoms with Crippen LogP contribution in [0.25, 0.3) is 0 Å². The predicted octanol–water partition coefficient (Wildman–Crippen LogP) is 0.0612. The Hall–Kier alpha value is -1.39. The average Bonchev–Trinajstić information content (AvgIpc) is 2.31. The number of aryl methyl sites for hydroxylation is 2. The lowest BCUT2D eigenvalue weighted by molar-refractivity contribution is -0.137. The van der Waals surface area contributed by atoms with Crippen LogP contribution in [0.1, 0.15) is 12.1 Å². The van der Waals surface area contributed by atoms with Crippen molar-refractivity contribution in [2.24, 2.45) is 0 Å². The van der Waals surface area contributed by atoms with Gasteiger partial charge >= 0.3 is 5.97 Å². The zero-order chi connectivity index (χ0) is 8.27. The van der Waals surface area contributed by atoms with Gasteiger partial charge in [0, 0.05) is 6.20 Å². The third-order valence-electron chi connectivity index (χ3n) is 1.21. The molecule has 60 valence electrons. The fraction of sp³-hybridized carbons (Fsp3) is 0.500. The van der Waals surface area contributed by atoms with Gasteiger partial charge in [-0.15, -0.1) is 5.10 Å². The van der Waals surface area contributed by atoms with E-state index in [4.69, 9.17) is 5.11 Å². The first-order chi connectivity index (χ1) is 5.18. The molecule has 5 heteroatoms. The van der Waals surface area contributed by atoms with Crippen molar-refractivity contribution in [2.75, 3.05) is 0 Å². The Morgan fingerprint density at radius 3 is 3.00 bits per heavy atom. The molecule has 1 heterocycles. The number of carboxylic acids is 1. The minimum Gasteiger partial charge on any atom is -0.481 e. The highest BCUT2D eigenvalue weighted by molar-refractivity contribution is 5.66. The van der Waals surface area contributed by atoms with Gasteiger partial charge in [-0.25, -0.2) is 0 Å². The highest BCUT2D eigenvalue weighted by Crippen LogP contribution is 1.91. The van der Waals surface area contributed by atoms with E-state index in [2.05, 4.69) is 10.3 Å². The molecule has 0 bridgehead atoms. The zero-order valence-electron chi connectivity index (χ0n) is 6.19. The smallest absolute Gasteiger partial charge is 0.305 e. The molecular formula is C6H9N3O2. The van der Waals surface area contributed by atoms with Crippen LogP contribution < -0.4 is 0 Å². The highest BCUT2D eigenvalue weighted by atomic mass is 16.4. The van der Waals surface area contributed by atoms with E-state index in [0.717, 1.165) is 5.69 Å². The van der Waals surface area contributed by atoms with Gasteiger partial charge in [-0.1, -0.05) is 5.21 Å². The van der Waals surface area contributed by atoms with Crippen LogP contribution in [0.4, 0.5) is 0 Å². The molecular weight excluding hydrogens is 146 g/mol. The summed E-state index contributed by atoms with van der Waals surface area (Å²) >= 11 is 0. The predicted molar refractivity (Wildman–Crippen MR) is 37.0 cm³/mol. The van der Waals surface area contributed by atoms with Crippen LogP contribution in [0.5, 0.6) is 0 Å². The topological polar surface area (TPSA) is 68.0 Å². The second-order valence-electron chi connectivity index (χ2n) is 2.27. The Labute approximate surface area is 63.6 Å². The standard InChI is InChI=1S/C6H9N3O2/c1-5-4-9(8-7-5)3-2-6(10)11/h4H,2-3H2,1H3,(H,10,11). The molecule has 11 heavy (non-hydrogen) atoms. The van der Waals surface area contributed by atoms with E-state index >= 15 is 0 Å². The van der Waals surface area contributed by atoms with Crippen LogP contribution in [0.2, 0.25) is 0 Å². The van der Waals surface area contributed by atoms with Gasteiger partial charge < -0.3 is 5.11 Å². The molecule has 0 atom stereocenters. The van der Waals surface area contributed by atoms with E-state index in [0.29, 0.717) is 6.54 Å². The molecule has 0 aliphatic rings. The van der Waals surface area contributed by atoms with Gasteiger partial charge in [-0.3, -0.25) is 9.48 Å². The first-order valence-electron chi connectivity index (χ1n) is 3.27. The summed E-state index contributed by atoms with van der Waals surface area (Å²) in [6.07, 6.45) is 1.80. The molecule has 0 amide bonds. The highest BCUT2D eigenvalue weighted by Gasteiger charge is 1.98. The van der Waals surface area contributed by atoms with Gasteiger partial charge in [0.2, 0.25) is 0 Å². The first kappa shape index (κ1) is 7.71. The second kappa shape index (κ2) is 3.14. The van der Waals surface area contributed by atoms with E-state index in [1.807, 2.05) is 6.92 Å². The lowest BCUT2D eigenvalue weighted by Crippen LogP contribution is -2.04. The van der Waals surface area contributed by atoms with Crippen LogP contribution >= 0.6 is 0 Å². The number of carbonyl (C=O) groups is 1. The van der Waals surface area contributed by atoms with Crippen molar-refractivity contribution in [1.82, 2.24) is 15.0 Å². The number of aromatic nitrogens is 3. The minimum absolute atomic E-state index is 0.0861. The van der Waals surface area contributed by atoms with Gasteiger partial charge in [0.1, 0.15) is 0 Å². The third-order valence-corrected chi connectivity index (χ3v) is 1.21. The normalized spacial score (nSPS) is 9.91. The number of hydrogen-bond donors (Lipinski definition) is 1. The first-order valence-corrected chi connectivity index (χ1v) is 3.27. The molecule has 5 nitrogen and oxygen atoms in total. The summed E-state index contributed by atoms with van der Waals surface area (Å²) in [6.45, 7) is 2.19. The molecule has 0 saturated carbocycles. The minimum atomic E-state index is -0.821. The summed E-state index contributed by atoms with van der Waals surface area (Å²) in [4.78, 5) is 10.1. The summed E-state index contributed by atoms with van der Waals surface area (Å²) in [7, 11) is 0. The van der Waals surface area contributed by atoms with Crippen molar-refractivity contribution < 1.29 is 9.90 Å². The maximum atomic E-state index is 10.1. The Balaban J connectivity index is 2.45. The molecule has 0 aromatic carbocycles. The van der Waals surface area contributed by atoms with Crippen LogP contribution in [0, 0.1) is 6.92 Å². The maximum absolute atomic E-state index is 10.1. The van der Waals surface area contributed by atoms with Gasteiger partial charge in [-0.2, -0.15) is 0 Å². The summed E-state index contributed by atoms with van der Waals surface area (Å²) in [5.41, 5.74) is 0.801. The zero-order valence-corrected chi connectivity index (χ0v) is 6.19. The monoisotopic (exact) mass is 155 g/mol. The van der Waals surface area contributed by atoms with Crippen LogP contribution in [0.3, 0.4) is 0 Å². The molecule has 0 aliphatic heterocycles. The summed E-state index contributed by atoms with van der Waals surface area (Å²) in [5, 5.41) is 15.7. The van der Waals surface area contributed by atoms with Gasteiger partial charge in [0.15, 0.2) is 0 Å². The molecule has 0 aliphatic carbocycles. The van der Waals surface area contributed by atoms with Crippen molar-refractivity contribution in [1.29, 1.82) is 0 Å². The quantitative estimate of drug-likeness (QED) is 0.670. The Morgan fingerprint density at radius 2 is 2.55 bits per heavy atom. The number of rotatable bonds is 3. The van der Waals surface area contributed by atoms with Gasteiger partial charge in [-0.05, 0) is 6.92 Å². The van der Waals surface area contributed by atoms with Crippen LogP contribution in [0.15, 0.2) is 6.20 Å². The van der Waals surface area contributed by atoms with E-state index in [1.165, 1.54) is 4.68 Å². The van der Waals surface area contributed by atoms with Crippen molar-refractivity contribution in [3.63, 3.8) is 0 Å². The Morgan fingerprint density at radius 1 is 1.82 bits per heavy atom. The fourth-order valence-electron chi connectivity index (χ4n) is 0.715. The lowest BCUT2D eigenvalue weighted by Gasteiger charge is -1.93. The van der Waals surface area contributed by atoms with E-state index in [1.54, 1.807) is 6.20 Å². The van der Waals surface area contributed by atoms with Crippen molar-refractivity contribution in [2.45, 2.75) is 19.9 Å². The number of hydrogen-bond acceptors (Lipinski definition) is 3. The number of aliphatic carboxylic acids is 1. The molecule has 1 rings (SSSR count). The molecule has 1 aromatic rings. The maximum Gasteiger partial charge on any atom is 0.305 e. The molecule has 1 aromatic heterocycles. The SMILES string of the molecule is Cc1cn(CCC(=O)O)nn1. The summed E-state index contributed by atoms with van der Waals surface area (Å²) < 4.78 is 1.52. The number of nitrogens with zero attached hydrogens (tertiary/aromatic N) is 3. The van der Waals surface area contributed by atoms with E-state index < -0.39 is 5.97 Å². The molecule has 0 saturated heterocycles. The summed E-state index contributed by atoms with van der Waals surface area (Å²) in [5.74, 6) is -0.821. The summed E-state index contributed by atoms with van der Waals surface area (Å²) in [6, 6.07) is 0. The second-order valence-corrected chi connectivity index (χ2v) is 2.27. The fourth-order valence-corrected chi connectivity index (χ4v) is 0.715. The third kappa shape index (κ3) is 2.37. The number of carboxylic acid groups (broad SMARTS) is 1. The largest absolute Gasteiger partial charge is 0.481 e. The van der Waals surface area contributed by atoms with Crippen molar-refractivity contribution >= 4 is 5.97 Å².